The van der Waals surface area contributed by atoms with Crippen molar-refractivity contribution in [3.63, 3.8) is 0 Å². The van der Waals surface area contributed by atoms with Gasteiger partial charge >= 0.3 is 0 Å². The molecule has 1 N–H and O–H groups in total. The summed E-state index contributed by atoms with van der Waals surface area (Å²) in [6.45, 7) is 14.7. The molecule has 1 saturated heterocycles. The highest BCUT2D eigenvalue weighted by molar-refractivity contribution is 5.79. The topological polar surface area (TPSA) is 34.1 Å². The van der Waals surface area contributed by atoms with Crippen molar-refractivity contribution in [1.29, 1.82) is 0 Å². The lowest BCUT2D eigenvalue weighted by Gasteiger charge is -2.34. The van der Waals surface area contributed by atoms with Gasteiger partial charge in [-0.25, -0.2) is 0 Å². The fourth-order valence-electron chi connectivity index (χ4n) is 3.53. The van der Waals surface area contributed by atoms with Crippen LogP contribution in [0.2, 0.25) is 0 Å². The minimum Gasteiger partial charge on any atom is -0.352 e. The Labute approximate surface area is 165 Å². The minimum absolute atomic E-state index is 0.809. The number of aliphatic imine (C=N–C) groups is 1. The lowest BCUT2D eigenvalue weighted by atomic mass is 10.1. The van der Waals surface area contributed by atoms with E-state index in [2.05, 4.69) is 69.8 Å². The number of unbranched alkanes of at least 4 members (excludes halogenated alkanes) is 1. The summed E-state index contributed by atoms with van der Waals surface area (Å²) in [6, 6.07) is 8.78. The molecular formula is C22H37N5. The van der Waals surface area contributed by atoms with Crippen LogP contribution in [0.5, 0.6) is 0 Å². The summed E-state index contributed by atoms with van der Waals surface area (Å²) in [5.74, 6) is 0.949. The number of allylic oxidation sites excluding steroid dienone is 1. The van der Waals surface area contributed by atoms with Crippen molar-refractivity contribution in [3.8, 4) is 0 Å². The maximum Gasteiger partial charge on any atom is 0.193 e. The lowest BCUT2D eigenvalue weighted by Crippen LogP contribution is -2.45. The van der Waals surface area contributed by atoms with Crippen molar-refractivity contribution < 1.29 is 0 Å². The van der Waals surface area contributed by atoms with Crippen LogP contribution in [0.1, 0.15) is 30.9 Å². The Morgan fingerprint density at radius 2 is 1.85 bits per heavy atom. The van der Waals surface area contributed by atoms with E-state index in [9.17, 15) is 0 Å². The van der Waals surface area contributed by atoms with Gasteiger partial charge in [-0.05, 0) is 30.5 Å². The van der Waals surface area contributed by atoms with E-state index >= 15 is 0 Å². The predicted molar refractivity (Wildman–Crippen MR) is 116 cm³/mol. The number of rotatable bonds is 9. The fraction of sp³-hybridized carbons (Fsp3) is 0.591. The van der Waals surface area contributed by atoms with E-state index in [0.717, 1.165) is 58.1 Å². The van der Waals surface area contributed by atoms with Crippen LogP contribution in [-0.2, 0) is 13.1 Å². The zero-order valence-corrected chi connectivity index (χ0v) is 17.5. The quantitative estimate of drug-likeness (QED) is 0.313. The van der Waals surface area contributed by atoms with E-state index in [1.165, 1.54) is 24.2 Å². The molecule has 1 aliphatic rings. The molecule has 0 aromatic heterocycles. The molecule has 0 spiro atoms. The molecule has 1 aromatic rings. The molecule has 27 heavy (non-hydrogen) atoms. The number of likely N-dealkylation sites (N-methyl/N-ethyl adjacent to an activating group) is 1. The summed E-state index contributed by atoms with van der Waals surface area (Å²) in [5.41, 5.74) is 2.77. The Morgan fingerprint density at radius 3 is 2.48 bits per heavy atom. The molecule has 0 amide bonds. The van der Waals surface area contributed by atoms with Gasteiger partial charge in [0.05, 0.1) is 0 Å². The Morgan fingerprint density at radius 1 is 1.19 bits per heavy atom. The van der Waals surface area contributed by atoms with Gasteiger partial charge in [-0.3, -0.25) is 9.89 Å². The summed E-state index contributed by atoms with van der Waals surface area (Å²) >= 11 is 0. The van der Waals surface area contributed by atoms with Gasteiger partial charge in [0.25, 0.3) is 0 Å². The standard InChI is InChI=1S/C22H37N5/c1-5-7-10-13-25(4)22(23-3)24-18-20-11-8-9-12-21(20)19-27-16-14-26(6-2)15-17-27/h5,8-9,11-12H,1,6-7,10,13-19H2,2-4H3,(H,23,24). The van der Waals surface area contributed by atoms with E-state index in [4.69, 9.17) is 0 Å². The third-order valence-electron chi connectivity index (χ3n) is 5.34. The molecule has 1 aromatic carbocycles. The second-order valence-corrected chi connectivity index (χ2v) is 7.23. The van der Waals surface area contributed by atoms with Crippen LogP contribution in [0, 0.1) is 0 Å². The zero-order chi connectivity index (χ0) is 19.5. The number of benzene rings is 1. The molecule has 0 radical (unpaired) electrons. The summed E-state index contributed by atoms with van der Waals surface area (Å²) < 4.78 is 0. The fourth-order valence-corrected chi connectivity index (χ4v) is 3.53. The summed E-state index contributed by atoms with van der Waals surface area (Å²) in [4.78, 5) is 11.7. The SMILES string of the molecule is C=CCCCN(C)C(=NC)NCc1ccccc1CN1CCN(CC)CC1. The summed E-state index contributed by atoms with van der Waals surface area (Å²) in [7, 11) is 3.95. The van der Waals surface area contributed by atoms with Crippen molar-refractivity contribution in [1.82, 2.24) is 20.0 Å². The molecule has 1 fully saturated rings. The van der Waals surface area contributed by atoms with Crippen molar-refractivity contribution >= 4 is 5.96 Å². The monoisotopic (exact) mass is 371 g/mol. The van der Waals surface area contributed by atoms with E-state index in [-0.39, 0.29) is 0 Å². The Hall–Kier alpha value is -1.85. The van der Waals surface area contributed by atoms with Crippen LogP contribution in [0.25, 0.3) is 0 Å². The number of hydrogen-bond donors (Lipinski definition) is 1. The third kappa shape index (κ3) is 7.00. The number of guanidine groups is 1. The molecule has 0 saturated carbocycles. The molecule has 0 atom stereocenters. The van der Waals surface area contributed by atoms with Crippen molar-refractivity contribution in [2.75, 3.05) is 53.4 Å². The van der Waals surface area contributed by atoms with Crippen LogP contribution < -0.4 is 5.32 Å². The molecule has 2 rings (SSSR count). The molecular weight excluding hydrogens is 334 g/mol. The van der Waals surface area contributed by atoms with E-state index in [1.807, 2.05) is 13.1 Å². The van der Waals surface area contributed by atoms with Gasteiger partial charge in [-0.2, -0.15) is 0 Å². The van der Waals surface area contributed by atoms with E-state index in [0.29, 0.717) is 0 Å². The van der Waals surface area contributed by atoms with E-state index < -0.39 is 0 Å². The Bertz CT molecular complexity index is 590. The van der Waals surface area contributed by atoms with Crippen LogP contribution in [0.3, 0.4) is 0 Å². The molecule has 1 aliphatic heterocycles. The molecule has 5 heteroatoms. The highest BCUT2D eigenvalue weighted by Gasteiger charge is 2.16. The van der Waals surface area contributed by atoms with Crippen LogP contribution in [0.4, 0.5) is 0 Å². The molecule has 0 unspecified atom stereocenters. The van der Waals surface area contributed by atoms with Crippen LogP contribution in [0.15, 0.2) is 41.9 Å². The molecule has 150 valence electrons. The van der Waals surface area contributed by atoms with Gasteiger partial charge in [0, 0.05) is 59.9 Å². The third-order valence-corrected chi connectivity index (χ3v) is 5.34. The normalized spacial score (nSPS) is 16.3. The first kappa shape index (κ1) is 21.5. The van der Waals surface area contributed by atoms with Crippen molar-refractivity contribution in [2.45, 2.75) is 32.9 Å². The zero-order valence-electron chi connectivity index (χ0n) is 17.5. The maximum atomic E-state index is 4.43. The molecule has 0 aliphatic carbocycles. The van der Waals surface area contributed by atoms with Crippen LogP contribution >= 0.6 is 0 Å². The average molecular weight is 372 g/mol. The lowest BCUT2D eigenvalue weighted by molar-refractivity contribution is 0.131. The molecule has 1 heterocycles. The smallest absolute Gasteiger partial charge is 0.193 e. The van der Waals surface area contributed by atoms with E-state index in [1.54, 1.807) is 0 Å². The van der Waals surface area contributed by atoms with Crippen molar-refractivity contribution in [2.24, 2.45) is 4.99 Å². The second kappa shape index (κ2) is 11.8. The van der Waals surface area contributed by atoms with Crippen LogP contribution in [-0.4, -0.2) is 74.0 Å². The highest BCUT2D eigenvalue weighted by Crippen LogP contribution is 2.14. The molecule has 0 bridgehead atoms. The average Bonchev–Trinajstić information content (AvgIpc) is 2.70. The number of nitrogens with one attached hydrogen (secondary N) is 1. The maximum absolute atomic E-state index is 4.43. The largest absolute Gasteiger partial charge is 0.352 e. The Balaban J connectivity index is 1.90. The van der Waals surface area contributed by atoms with Gasteiger partial charge in [0.1, 0.15) is 0 Å². The first-order valence-electron chi connectivity index (χ1n) is 10.2. The van der Waals surface area contributed by atoms with Gasteiger partial charge in [0.15, 0.2) is 5.96 Å². The van der Waals surface area contributed by atoms with Gasteiger partial charge < -0.3 is 15.1 Å². The minimum atomic E-state index is 0.809. The first-order valence-corrected chi connectivity index (χ1v) is 10.2. The predicted octanol–water partition coefficient (Wildman–Crippen LogP) is 2.80. The van der Waals surface area contributed by atoms with Gasteiger partial charge in [-0.1, -0.05) is 37.3 Å². The Kier molecular flexibility index (Phi) is 9.36. The van der Waals surface area contributed by atoms with Crippen molar-refractivity contribution in [3.05, 3.63) is 48.0 Å². The number of nitrogens with zero attached hydrogens (tertiary/aromatic N) is 4. The summed E-state index contributed by atoms with van der Waals surface area (Å²) in [5, 5.41) is 3.53. The first-order chi connectivity index (χ1) is 13.2. The second-order valence-electron chi connectivity index (χ2n) is 7.23. The number of hydrogen-bond acceptors (Lipinski definition) is 3. The van der Waals surface area contributed by atoms with Gasteiger partial charge in [0.2, 0.25) is 0 Å². The summed E-state index contributed by atoms with van der Waals surface area (Å²) in [6.07, 6.45) is 4.11. The van der Waals surface area contributed by atoms with Gasteiger partial charge in [-0.15, -0.1) is 6.58 Å². The number of piperazine rings is 1. The molecule has 5 nitrogen and oxygen atoms in total. The highest BCUT2D eigenvalue weighted by atomic mass is 15.3.